The Bertz CT molecular complexity index is 768. The molecule has 27 heavy (non-hydrogen) atoms. The maximum atomic E-state index is 12.9. The van der Waals surface area contributed by atoms with Crippen LogP contribution in [-0.2, 0) is 0 Å². The summed E-state index contributed by atoms with van der Waals surface area (Å²) in [6.07, 6.45) is 8.83. The summed E-state index contributed by atoms with van der Waals surface area (Å²) in [5, 5.41) is 9.21. The lowest BCUT2D eigenvalue weighted by atomic mass is 10.2. The van der Waals surface area contributed by atoms with E-state index in [2.05, 4.69) is 56.3 Å². The summed E-state index contributed by atoms with van der Waals surface area (Å²) in [5.74, 6) is 0.586. The first-order valence-electron chi connectivity index (χ1n) is 9.43. The van der Waals surface area contributed by atoms with Crippen molar-refractivity contribution in [3.8, 4) is 0 Å². The molecule has 3 atom stereocenters. The average Bonchev–Trinajstić information content (AvgIpc) is 3.26. The molecule has 3 aliphatic heterocycles. The van der Waals surface area contributed by atoms with Crippen LogP contribution in [0.25, 0.3) is 6.08 Å². The number of hydrogen-bond donors (Lipinski definition) is 4. The third-order valence-corrected chi connectivity index (χ3v) is 5.40. The van der Waals surface area contributed by atoms with Gasteiger partial charge in [0.2, 0.25) is 0 Å². The van der Waals surface area contributed by atoms with Gasteiger partial charge >= 0.3 is 0 Å². The topological polar surface area (TPSA) is 89.5 Å². The fourth-order valence-electron chi connectivity index (χ4n) is 3.82. The molecule has 1 fully saturated rings. The first-order chi connectivity index (χ1) is 13.0. The van der Waals surface area contributed by atoms with E-state index < -0.39 is 0 Å². The number of carbonyl (C=O) groups is 1. The highest BCUT2D eigenvalue weighted by Crippen LogP contribution is 2.21. The van der Waals surface area contributed by atoms with Gasteiger partial charge in [0.05, 0.1) is 5.69 Å². The Balaban J connectivity index is 1.49. The lowest BCUT2D eigenvalue weighted by Crippen LogP contribution is -2.55. The van der Waals surface area contributed by atoms with Crippen molar-refractivity contribution in [3.63, 3.8) is 0 Å². The van der Waals surface area contributed by atoms with Crippen molar-refractivity contribution in [2.75, 3.05) is 39.2 Å². The minimum absolute atomic E-state index is 0.0523. The number of hydrogen-bond acceptors (Lipinski definition) is 7. The molecule has 9 nitrogen and oxygen atoms in total. The molecule has 1 aromatic rings. The number of carbonyl (C=O) groups excluding carboxylic acids is 1. The van der Waals surface area contributed by atoms with Gasteiger partial charge in [-0.15, -0.1) is 0 Å². The average molecular weight is 372 g/mol. The van der Waals surface area contributed by atoms with Crippen molar-refractivity contribution < 1.29 is 4.79 Å². The van der Waals surface area contributed by atoms with Crippen LogP contribution in [0.5, 0.6) is 0 Å². The van der Waals surface area contributed by atoms with Crippen LogP contribution in [0.15, 0.2) is 18.4 Å². The zero-order chi connectivity index (χ0) is 19.0. The van der Waals surface area contributed by atoms with Crippen LogP contribution >= 0.6 is 0 Å². The van der Waals surface area contributed by atoms with Gasteiger partial charge in [-0.25, -0.2) is 9.66 Å². The fraction of sp³-hybridized carbons (Fsp3) is 0.556. The number of likely N-dealkylation sites (N-methyl/N-ethyl adjacent to an activating group) is 1. The monoisotopic (exact) mass is 372 g/mol. The Labute approximate surface area is 159 Å². The Morgan fingerprint density at radius 2 is 2.26 bits per heavy atom. The predicted molar refractivity (Wildman–Crippen MR) is 104 cm³/mol. The highest BCUT2D eigenvalue weighted by molar-refractivity contribution is 5.94. The molecule has 1 aromatic heterocycles. The normalized spacial score (nSPS) is 27.3. The first-order valence-corrected chi connectivity index (χ1v) is 9.43. The Morgan fingerprint density at radius 1 is 1.41 bits per heavy atom. The van der Waals surface area contributed by atoms with Gasteiger partial charge in [-0.05, 0) is 45.8 Å². The molecular weight excluding hydrogens is 344 g/mol. The van der Waals surface area contributed by atoms with Gasteiger partial charge in [0.15, 0.2) is 17.8 Å². The van der Waals surface area contributed by atoms with Crippen LogP contribution in [0.2, 0.25) is 0 Å². The second-order valence-electron chi connectivity index (χ2n) is 7.46. The third kappa shape index (κ3) is 3.58. The van der Waals surface area contributed by atoms with E-state index in [9.17, 15) is 4.79 Å². The number of rotatable bonds is 4. The van der Waals surface area contributed by atoms with Crippen LogP contribution < -0.4 is 21.4 Å². The van der Waals surface area contributed by atoms with E-state index in [-0.39, 0.29) is 18.4 Å². The molecule has 9 heteroatoms. The number of aryl methyl sites for hydroxylation is 1. The second-order valence-corrected chi connectivity index (χ2v) is 7.46. The largest absolute Gasteiger partial charge is 0.359 e. The van der Waals surface area contributed by atoms with Crippen LogP contribution in [-0.4, -0.2) is 77.6 Å². The Morgan fingerprint density at radius 3 is 2.96 bits per heavy atom. The number of nitrogens with one attached hydrogen (secondary N) is 4. The molecule has 2 unspecified atom stereocenters. The molecule has 0 aliphatic carbocycles. The number of likely N-dealkylation sites (tertiary alicyclic amines) is 1. The summed E-state index contributed by atoms with van der Waals surface area (Å²) in [4.78, 5) is 22.1. The molecule has 4 N–H and O–H groups in total. The van der Waals surface area contributed by atoms with Crippen LogP contribution in [0.3, 0.4) is 0 Å². The van der Waals surface area contributed by atoms with Gasteiger partial charge < -0.3 is 21.0 Å². The summed E-state index contributed by atoms with van der Waals surface area (Å²) in [6, 6.07) is 0.561. The lowest BCUT2D eigenvalue weighted by molar-refractivity contribution is 0.0913. The van der Waals surface area contributed by atoms with Gasteiger partial charge in [0, 0.05) is 25.7 Å². The molecule has 4 rings (SSSR count). The predicted octanol–water partition coefficient (Wildman–Crippen LogP) is -0.556. The minimum atomic E-state index is -0.289. The standard InChI is InChI=1S/C18H28N8O/c1-12-16(17(27)22-18-19-8-4-9-20-18)26-14(21-12)5-6-15(23-26)25-10-7-13(11-25)24(2)3/h4-6,8,13,15,18-20,23H,7,9-11H2,1-3H3,(H,22,27)/t13-,15?,18?/m0/s1. The number of amides is 1. The summed E-state index contributed by atoms with van der Waals surface area (Å²) < 4.78 is 1.82. The molecule has 1 amide bonds. The molecular formula is C18H28N8O. The maximum absolute atomic E-state index is 12.9. The zero-order valence-corrected chi connectivity index (χ0v) is 16.1. The van der Waals surface area contributed by atoms with Gasteiger partial charge in [0.25, 0.3) is 5.91 Å². The molecule has 0 saturated carbocycles. The lowest BCUT2D eigenvalue weighted by Gasteiger charge is -2.31. The molecule has 4 heterocycles. The number of nitrogens with zero attached hydrogens (tertiary/aromatic N) is 4. The molecule has 1 saturated heterocycles. The molecule has 0 aromatic carbocycles. The molecule has 0 bridgehead atoms. The summed E-state index contributed by atoms with van der Waals surface area (Å²) in [6.45, 7) is 4.61. The first kappa shape index (κ1) is 18.0. The number of fused-ring (bicyclic) bond motifs is 1. The van der Waals surface area contributed by atoms with E-state index in [1.165, 1.54) is 0 Å². The van der Waals surface area contributed by atoms with Crippen LogP contribution in [0.4, 0.5) is 0 Å². The third-order valence-electron chi connectivity index (χ3n) is 5.40. The van der Waals surface area contributed by atoms with Crippen molar-refractivity contribution in [1.82, 2.24) is 35.4 Å². The van der Waals surface area contributed by atoms with Crippen molar-refractivity contribution in [2.24, 2.45) is 0 Å². The highest BCUT2D eigenvalue weighted by Gasteiger charge is 2.32. The van der Waals surface area contributed by atoms with Gasteiger partial charge in [-0.2, -0.15) is 0 Å². The van der Waals surface area contributed by atoms with E-state index in [0.29, 0.717) is 24.0 Å². The Kier molecular flexibility index (Phi) is 4.90. The minimum Gasteiger partial charge on any atom is -0.359 e. The molecule has 146 valence electrons. The quantitative estimate of drug-likeness (QED) is 0.564. The van der Waals surface area contributed by atoms with Crippen LogP contribution in [0, 0.1) is 6.92 Å². The van der Waals surface area contributed by atoms with Crippen LogP contribution in [0.1, 0.15) is 28.4 Å². The Hall–Kier alpha value is -2.36. The van der Waals surface area contributed by atoms with E-state index in [4.69, 9.17) is 0 Å². The summed E-state index contributed by atoms with van der Waals surface area (Å²) in [7, 11) is 4.25. The summed E-state index contributed by atoms with van der Waals surface area (Å²) in [5.41, 5.74) is 4.72. The molecule has 0 radical (unpaired) electrons. The van der Waals surface area contributed by atoms with Crippen molar-refractivity contribution in [3.05, 3.63) is 35.6 Å². The van der Waals surface area contributed by atoms with Crippen molar-refractivity contribution in [1.29, 1.82) is 0 Å². The SMILES string of the molecule is Cc1nc2n(c1C(=O)NC1NC=CCN1)NC(N1CC[C@H](N(C)C)C1)C=C2. The van der Waals surface area contributed by atoms with E-state index in [1.54, 1.807) is 0 Å². The second kappa shape index (κ2) is 7.34. The van der Waals surface area contributed by atoms with Crippen molar-refractivity contribution >= 4 is 12.0 Å². The summed E-state index contributed by atoms with van der Waals surface area (Å²) >= 11 is 0. The highest BCUT2D eigenvalue weighted by atomic mass is 16.2. The van der Waals surface area contributed by atoms with E-state index >= 15 is 0 Å². The zero-order valence-electron chi connectivity index (χ0n) is 16.1. The van der Waals surface area contributed by atoms with Gasteiger partial charge in [0.1, 0.15) is 6.17 Å². The molecule has 0 spiro atoms. The fourth-order valence-corrected chi connectivity index (χ4v) is 3.82. The van der Waals surface area contributed by atoms with Gasteiger partial charge in [-0.1, -0.05) is 6.08 Å². The smallest absolute Gasteiger partial charge is 0.274 e. The van der Waals surface area contributed by atoms with Crippen molar-refractivity contribution in [2.45, 2.75) is 31.8 Å². The number of aromatic nitrogens is 2. The van der Waals surface area contributed by atoms with Gasteiger partial charge in [-0.3, -0.25) is 15.0 Å². The maximum Gasteiger partial charge on any atom is 0.274 e. The number of imidazole rings is 1. The molecule has 3 aliphatic rings. The van der Waals surface area contributed by atoms with E-state index in [1.807, 2.05) is 30.0 Å². The van der Waals surface area contributed by atoms with E-state index in [0.717, 1.165) is 25.3 Å².